The van der Waals surface area contributed by atoms with Crippen molar-refractivity contribution in [3.63, 3.8) is 0 Å². The smallest absolute Gasteiger partial charge is 0.300 e. The fourth-order valence-electron chi connectivity index (χ4n) is 3.71. The first kappa shape index (κ1) is 20.2. The van der Waals surface area contributed by atoms with Gasteiger partial charge in [0.25, 0.3) is 11.7 Å². The van der Waals surface area contributed by atoms with Crippen molar-refractivity contribution in [1.29, 1.82) is 0 Å². The summed E-state index contributed by atoms with van der Waals surface area (Å²) in [7, 11) is 3.08. The second-order valence-corrected chi connectivity index (χ2v) is 7.01. The molecule has 0 aliphatic carbocycles. The normalized spacial score (nSPS) is 17.6. The Kier molecular flexibility index (Phi) is 5.45. The number of rotatable bonds is 5. The van der Waals surface area contributed by atoms with E-state index >= 15 is 0 Å². The van der Waals surface area contributed by atoms with Gasteiger partial charge in [0.2, 0.25) is 0 Å². The van der Waals surface area contributed by atoms with Crippen LogP contribution in [0.1, 0.15) is 17.2 Å². The van der Waals surface area contributed by atoms with E-state index in [0.717, 1.165) is 0 Å². The molecule has 156 valence electrons. The molecule has 3 aromatic carbocycles. The van der Waals surface area contributed by atoms with Gasteiger partial charge in [0.1, 0.15) is 17.3 Å². The number of ether oxygens (including phenoxy) is 2. The van der Waals surface area contributed by atoms with Gasteiger partial charge in [0.05, 0.1) is 25.8 Å². The molecule has 1 atom stereocenters. The minimum Gasteiger partial charge on any atom is -0.507 e. The Balaban J connectivity index is 1.93. The van der Waals surface area contributed by atoms with Crippen LogP contribution in [0.4, 0.5) is 5.69 Å². The van der Waals surface area contributed by atoms with Gasteiger partial charge in [0.15, 0.2) is 0 Å². The molecule has 0 saturated carbocycles. The number of aliphatic hydroxyl groups is 1. The van der Waals surface area contributed by atoms with Crippen molar-refractivity contribution >= 4 is 23.1 Å². The Morgan fingerprint density at radius 2 is 1.52 bits per heavy atom. The summed E-state index contributed by atoms with van der Waals surface area (Å²) >= 11 is 0. The standard InChI is InChI=1S/C25H21NO5/c1-30-19-13-11-16(12-14-19)22-21(23(27)17-7-6-10-20(15-17)31-2)24(28)25(29)26(22)18-8-4-3-5-9-18/h3-15,22,27H,1-2H3/b23-21-. The van der Waals surface area contributed by atoms with E-state index in [1.807, 2.05) is 6.07 Å². The van der Waals surface area contributed by atoms with Crippen molar-refractivity contribution in [2.75, 3.05) is 19.1 Å². The third kappa shape index (κ3) is 3.64. The van der Waals surface area contributed by atoms with Crippen LogP contribution in [-0.4, -0.2) is 31.0 Å². The monoisotopic (exact) mass is 415 g/mol. The van der Waals surface area contributed by atoms with Crippen LogP contribution in [0.25, 0.3) is 5.76 Å². The average molecular weight is 415 g/mol. The second kappa shape index (κ2) is 8.36. The first-order chi connectivity index (χ1) is 15.0. The first-order valence-corrected chi connectivity index (χ1v) is 9.69. The number of amides is 1. The molecule has 6 heteroatoms. The van der Waals surface area contributed by atoms with Gasteiger partial charge in [0, 0.05) is 11.3 Å². The summed E-state index contributed by atoms with van der Waals surface area (Å²) in [5, 5.41) is 11.1. The Hall–Kier alpha value is -4.06. The van der Waals surface area contributed by atoms with Gasteiger partial charge in [-0.05, 0) is 42.0 Å². The van der Waals surface area contributed by atoms with Gasteiger partial charge in [-0.15, -0.1) is 0 Å². The molecule has 1 heterocycles. The van der Waals surface area contributed by atoms with Crippen molar-refractivity contribution < 1.29 is 24.2 Å². The van der Waals surface area contributed by atoms with E-state index in [0.29, 0.717) is 28.3 Å². The quantitative estimate of drug-likeness (QED) is 0.381. The fraction of sp³-hybridized carbons (Fsp3) is 0.120. The van der Waals surface area contributed by atoms with Gasteiger partial charge in [-0.25, -0.2) is 0 Å². The Bertz CT molecular complexity index is 1150. The van der Waals surface area contributed by atoms with Crippen molar-refractivity contribution in [2.45, 2.75) is 6.04 Å². The lowest BCUT2D eigenvalue weighted by Crippen LogP contribution is -2.29. The summed E-state index contributed by atoms with van der Waals surface area (Å²) in [6.45, 7) is 0. The number of aliphatic hydroxyl groups excluding tert-OH is 1. The summed E-state index contributed by atoms with van der Waals surface area (Å²) < 4.78 is 10.5. The Morgan fingerprint density at radius 3 is 2.16 bits per heavy atom. The van der Waals surface area contributed by atoms with Crippen LogP contribution in [0.3, 0.4) is 0 Å². The Labute approximate surface area is 180 Å². The van der Waals surface area contributed by atoms with Gasteiger partial charge in [-0.2, -0.15) is 0 Å². The molecule has 4 rings (SSSR count). The maximum Gasteiger partial charge on any atom is 0.300 e. The predicted molar refractivity (Wildman–Crippen MR) is 117 cm³/mol. The lowest BCUT2D eigenvalue weighted by molar-refractivity contribution is -0.132. The lowest BCUT2D eigenvalue weighted by Gasteiger charge is -2.25. The number of Topliss-reactive ketones (excluding diaryl/α,β-unsaturated/α-hetero) is 1. The number of hydrogen-bond acceptors (Lipinski definition) is 5. The van der Waals surface area contributed by atoms with Crippen molar-refractivity contribution in [3.8, 4) is 11.5 Å². The number of carbonyl (C=O) groups excluding carboxylic acids is 2. The number of anilines is 1. The first-order valence-electron chi connectivity index (χ1n) is 9.69. The molecule has 0 spiro atoms. The highest BCUT2D eigenvalue weighted by atomic mass is 16.5. The highest BCUT2D eigenvalue weighted by molar-refractivity contribution is 6.51. The maximum atomic E-state index is 13.1. The van der Waals surface area contributed by atoms with E-state index in [2.05, 4.69) is 0 Å². The topological polar surface area (TPSA) is 76.1 Å². The summed E-state index contributed by atoms with van der Waals surface area (Å²) in [6, 6.07) is 22.0. The van der Waals surface area contributed by atoms with E-state index in [1.54, 1.807) is 79.9 Å². The molecule has 0 radical (unpaired) electrons. The number of carbonyl (C=O) groups is 2. The molecule has 1 amide bonds. The van der Waals surface area contributed by atoms with Crippen LogP contribution < -0.4 is 14.4 Å². The number of methoxy groups -OCH3 is 2. The van der Waals surface area contributed by atoms with Gasteiger partial charge < -0.3 is 14.6 Å². The number of hydrogen-bond donors (Lipinski definition) is 1. The van der Waals surface area contributed by atoms with Gasteiger partial charge >= 0.3 is 0 Å². The molecule has 0 aromatic heterocycles. The Morgan fingerprint density at radius 1 is 0.839 bits per heavy atom. The molecule has 6 nitrogen and oxygen atoms in total. The number of benzene rings is 3. The zero-order chi connectivity index (χ0) is 22.0. The molecule has 31 heavy (non-hydrogen) atoms. The molecule has 0 bridgehead atoms. The molecule has 1 aliphatic heterocycles. The van der Waals surface area contributed by atoms with Gasteiger partial charge in [-0.1, -0.05) is 42.5 Å². The summed E-state index contributed by atoms with van der Waals surface area (Å²) in [5.41, 5.74) is 1.65. The van der Waals surface area contributed by atoms with E-state index in [-0.39, 0.29) is 11.3 Å². The summed E-state index contributed by atoms with van der Waals surface area (Å²) in [5.74, 6) is -0.520. The van der Waals surface area contributed by atoms with E-state index in [1.165, 1.54) is 12.0 Å². The average Bonchev–Trinajstić information content (AvgIpc) is 3.09. The predicted octanol–water partition coefficient (Wildman–Crippen LogP) is 4.33. The van der Waals surface area contributed by atoms with Crippen LogP contribution in [0.15, 0.2) is 84.4 Å². The minimum atomic E-state index is -0.792. The largest absolute Gasteiger partial charge is 0.507 e. The molecule has 3 aromatic rings. The molecule has 1 N–H and O–H groups in total. The number of ketones is 1. The van der Waals surface area contributed by atoms with Crippen LogP contribution >= 0.6 is 0 Å². The molecule has 1 fully saturated rings. The molecular formula is C25H21NO5. The fourth-order valence-corrected chi connectivity index (χ4v) is 3.71. The van der Waals surface area contributed by atoms with E-state index < -0.39 is 17.7 Å². The molecular weight excluding hydrogens is 394 g/mol. The van der Waals surface area contributed by atoms with Crippen LogP contribution in [0.2, 0.25) is 0 Å². The SMILES string of the molecule is COc1ccc(C2/C(=C(/O)c3cccc(OC)c3)C(=O)C(=O)N2c2ccccc2)cc1. The van der Waals surface area contributed by atoms with Gasteiger partial charge in [-0.3, -0.25) is 14.5 Å². The van der Waals surface area contributed by atoms with E-state index in [9.17, 15) is 14.7 Å². The summed E-state index contributed by atoms with van der Waals surface area (Å²) in [6.07, 6.45) is 0. The summed E-state index contributed by atoms with van der Waals surface area (Å²) in [4.78, 5) is 27.6. The zero-order valence-electron chi connectivity index (χ0n) is 17.1. The molecule has 1 saturated heterocycles. The number of para-hydroxylation sites is 1. The highest BCUT2D eigenvalue weighted by Crippen LogP contribution is 2.42. The van der Waals surface area contributed by atoms with Crippen molar-refractivity contribution in [2.24, 2.45) is 0 Å². The third-order valence-electron chi connectivity index (χ3n) is 5.25. The van der Waals surface area contributed by atoms with Crippen molar-refractivity contribution in [3.05, 3.63) is 95.6 Å². The van der Waals surface area contributed by atoms with E-state index in [4.69, 9.17) is 9.47 Å². The minimum absolute atomic E-state index is 0.0206. The van der Waals surface area contributed by atoms with Crippen molar-refractivity contribution in [1.82, 2.24) is 0 Å². The maximum absolute atomic E-state index is 13.1. The van der Waals surface area contributed by atoms with Crippen LogP contribution in [0, 0.1) is 0 Å². The molecule has 1 unspecified atom stereocenters. The zero-order valence-corrected chi connectivity index (χ0v) is 17.1. The second-order valence-electron chi connectivity index (χ2n) is 7.01. The lowest BCUT2D eigenvalue weighted by atomic mass is 9.95. The highest BCUT2D eigenvalue weighted by Gasteiger charge is 2.46. The third-order valence-corrected chi connectivity index (χ3v) is 5.25. The molecule has 1 aliphatic rings. The van der Waals surface area contributed by atoms with Crippen LogP contribution in [-0.2, 0) is 9.59 Å². The van der Waals surface area contributed by atoms with Crippen LogP contribution in [0.5, 0.6) is 11.5 Å². The number of nitrogens with zero attached hydrogens (tertiary/aromatic N) is 1.